The molecule has 0 saturated carbocycles. The molecule has 48 valence electrons. The first-order valence-corrected chi connectivity index (χ1v) is 3.16. The molecular formula is C7H7ClO. The van der Waals surface area contributed by atoms with E-state index in [0.29, 0.717) is 6.42 Å². The molecular weight excluding hydrogens is 136 g/mol. The van der Waals surface area contributed by atoms with Crippen molar-refractivity contribution in [2.24, 2.45) is 0 Å². The Balaban J connectivity index is 2.76. The maximum Gasteiger partial charge on any atom is 0.159 e. The summed E-state index contributed by atoms with van der Waals surface area (Å²) in [7, 11) is 0. The Hall–Kier alpha value is -0.560. The third-order valence-electron chi connectivity index (χ3n) is 1.24. The molecule has 0 spiro atoms. The lowest BCUT2D eigenvalue weighted by molar-refractivity contribution is -0.114. The van der Waals surface area contributed by atoms with E-state index in [-0.39, 0.29) is 11.2 Å². The number of ketones is 1. The van der Waals surface area contributed by atoms with Crippen LogP contribution in [0.2, 0.25) is 0 Å². The number of rotatable bonds is 0. The lowest BCUT2D eigenvalue weighted by Gasteiger charge is -2.10. The average Bonchev–Trinajstić information content (AvgIpc) is 1.80. The van der Waals surface area contributed by atoms with Crippen molar-refractivity contribution in [2.75, 3.05) is 0 Å². The second-order valence-electron chi connectivity index (χ2n) is 2.06. The summed E-state index contributed by atoms with van der Waals surface area (Å²) in [6.07, 6.45) is 3.58. The molecule has 0 saturated heterocycles. The van der Waals surface area contributed by atoms with E-state index in [1.807, 2.05) is 0 Å². The second kappa shape index (κ2) is 2.36. The van der Waals surface area contributed by atoms with Crippen molar-refractivity contribution in [3.8, 4) is 0 Å². The summed E-state index contributed by atoms with van der Waals surface area (Å²) in [5, 5.41) is -0.136. The highest BCUT2D eigenvalue weighted by Gasteiger charge is 2.13. The summed E-state index contributed by atoms with van der Waals surface area (Å²) < 4.78 is 0. The zero-order valence-electron chi connectivity index (χ0n) is 4.93. The minimum absolute atomic E-state index is 0.0944. The van der Waals surface area contributed by atoms with E-state index in [1.54, 1.807) is 6.08 Å². The van der Waals surface area contributed by atoms with E-state index >= 15 is 0 Å². The van der Waals surface area contributed by atoms with E-state index in [2.05, 4.69) is 6.58 Å². The first-order chi connectivity index (χ1) is 4.20. The number of allylic oxidation sites excluding steroid dienone is 3. The molecule has 1 aliphatic carbocycles. The van der Waals surface area contributed by atoms with Gasteiger partial charge in [-0.15, -0.1) is 11.6 Å². The largest absolute Gasteiger partial charge is 0.295 e. The van der Waals surface area contributed by atoms with Gasteiger partial charge in [-0.2, -0.15) is 0 Å². The molecule has 0 aromatic heterocycles. The number of hydrogen-bond acceptors (Lipinski definition) is 1. The quantitative estimate of drug-likeness (QED) is 0.372. The Kier molecular flexibility index (Phi) is 1.72. The molecule has 0 aliphatic heterocycles. The van der Waals surface area contributed by atoms with Crippen LogP contribution in [0.5, 0.6) is 0 Å². The van der Waals surface area contributed by atoms with Gasteiger partial charge in [-0.1, -0.05) is 12.7 Å². The van der Waals surface area contributed by atoms with Gasteiger partial charge in [-0.05, 0) is 11.6 Å². The fraction of sp³-hybridized carbons (Fsp3) is 0.286. The van der Waals surface area contributed by atoms with E-state index < -0.39 is 0 Å². The molecule has 0 aromatic carbocycles. The van der Waals surface area contributed by atoms with Crippen LogP contribution in [0.3, 0.4) is 0 Å². The van der Waals surface area contributed by atoms with Crippen molar-refractivity contribution in [3.05, 3.63) is 24.3 Å². The topological polar surface area (TPSA) is 17.1 Å². The Morgan fingerprint density at radius 1 is 1.78 bits per heavy atom. The zero-order valence-corrected chi connectivity index (χ0v) is 5.69. The van der Waals surface area contributed by atoms with Gasteiger partial charge in [-0.25, -0.2) is 0 Å². The Morgan fingerprint density at radius 3 is 2.89 bits per heavy atom. The van der Waals surface area contributed by atoms with E-state index in [1.165, 1.54) is 6.08 Å². The highest BCUT2D eigenvalue weighted by Crippen LogP contribution is 2.18. The van der Waals surface area contributed by atoms with Crippen LogP contribution in [0.25, 0.3) is 0 Å². The van der Waals surface area contributed by atoms with Gasteiger partial charge < -0.3 is 0 Å². The third-order valence-corrected chi connectivity index (χ3v) is 1.70. The number of hydrogen-bond donors (Lipinski definition) is 0. The number of halogens is 1. The number of carbonyl (C=O) groups is 1. The standard InChI is InChI=1S/C7H7ClO/c1-5-4-6(9)2-3-7(5)8/h2-3,7H,1,4H2. The summed E-state index contributed by atoms with van der Waals surface area (Å²) >= 11 is 5.69. The highest BCUT2D eigenvalue weighted by molar-refractivity contribution is 6.24. The van der Waals surface area contributed by atoms with Gasteiger partial charge in [0.05, 0.1) is 5.38 Å². The molecule has 1 nitrogen and oxygen atoms in total. The van der Waals surface area contributed by atoms with Crippen molar-refractivity contribution >= 4 is 17.4 Å². The molecule has 1 aliphatic rings. The SMILES string of the molecule is C=C1CC(=O)C=CC1Cl. The zero-order chi connectivity index (χ0) is 6.85. The van der Waals surface area contributed by atoms with E-state index in [4.69, 9.17) is 11.6 Å². The van der Waals surface area contributed by atoms with Crippen LogP contribution in [0, 0.1) is 0 Å². The predicted octanol–water partition coefficient (Wildman–Crippen LogP) is 1.68. The van der Waals surface area contributed by atoms with Gasteiger partial charge in [0.15, 0.2) is 5.78 Å². The molecule has 0 bridgehead atoms. The maximum atomic E-state index is 10.6. The monoisotopic (exact) mass is 142 g/mol. The highest BCUT2D eigenvalue weighted by atomic mass is 35.5. The Labute approximate surface area is 59.0 Å². The van der Waals surface area contributed by atoms with E-state index in [9.17, 15) is 4.79 Å². The predicted molar refractivity (Wildman–Crippen MR) is 37.5 cm³/mol. The fourth-order valence-electron chi connectivity index (χ4n) is 0.708. The molecule has 1 rings (SSSR count). The van der Waals surface area contributed by atoms with Crippen LogP contribution in [-0.4, -0.2) is 11.2 Å². The Bertz CT molecular complexity index is 181. The minimum atomic E-state index is -0.136. The van der Waals surface area contributed by atoms with Crippen molar-refractivity contribution in [1.29, 1.82) is 0 Å². The van der Waals surface area contributed by atoms with Gasteiger partial charge in [0, 0.05) is 6.42 Å². The van der Waals surface area contributed by atoms with Gasteiger partial charge in [-0.3, -0.25) is 4.79 Å². The van der Waals surface area contributed by atoms with E-state index in [0.717, 1.165) is 5.57 Å². The van der Waals surface area contributed by atoms with Gasteiger partial charge in [0.2, 0.25) is 0 Å². The Morgan fingerprint density at radius 2 is 2.44 bits per heavy atom. The van der Waals surface area contributed by atoms with Gasteiger partial charge >= 0.3 is 0 Å². The smallest absolute Gasteiger partial charge is 0.159 e. The lowest BCUT2D eigenvalue weighted by atomic mass is 10.0. The number of alkyl halides is 1. The fourth-order valence-corrected chi connectivity index (χ4v) is 0.858. The van der Waals surface area contributed by atoms with Crippen LogP contribution in [-0.2, 0) is 4.79 Å². The molecule has 1 atom stereocenters. The molecule has 0 radical (unpaired) electrons. The first kappa shape index (κ1) is 6.56. The van der Waals surface area contributed by atoms with Crippen molar-refractivity contribution in [1.82, 2.24) is 0 Å². The van der Waals surface area contributed by atoms with Crippen molar-refractivity contribution < 1.29 is 4.79 Å². The summed E-state index contributed by atoms with van der Waals surface area (Å²) in [4.78, 5) is 10.6. The minimum Gasteiger partial charge on any atom is -0.295 e. The maximum absolute atomic E-state index is 10.6. The molecule has 0 amide bonds. The molecule has 9 heavy (non-hydrogen) atoms. The summed E-state index contributed by atoms with van der Waals surface area (Å²) in [6, 6.07) is 0. The van der Waals surface area contributed by atoms with Crippen molar-refractivity contribution in [3.63, 3.8) is 0 Å². The average molecular weight is 143 g/mol. The van der Waals surface area contributed by atoms with Crippen molar-refractivity contribution in [2.45, 2.75) is 11.8 Å². The second-order valence-corrected chi connectivity index (χ2v) is 2.53. The van der Waals surface area contributed by atoms with Crippen LogP contribution < -0.4 is 0 Å². The molecule has 1 unspecified atom stereocenters. The van der Waals surface area contributed by atoms with Gasteiger partial charge in [0.1, 0.15) is 0 Å². The van der Waals surface area contributed by atoms with Crippen LogP contribution in [0.4, 0.5) is 0 Å². The summed E-state index contributed by atoms with van der Waals surface area (Å²) in [5.74, 6) is 0.0944. The van der Waals surface area contributed by atoms with Gasteiger partial charge in [0.25, 0.3) is 0 Å². The summed E-state index contributed by atoms with van der Waals surface area (Å²) in [5.41, 5.74) is 0.796. The molecule has 0 fully saturated rings. The molecule has 0 N–H and O–H groups in total. The molecule has 0 heterocycles. The van der Waals surface area contributed by atoms with Crippen LogP contribution >= 0.6 is 11.6 Å². The number of carbonyl (C=O) groups excluding carboxylic acids is 1. The third kappa shape index (κ3) is 1.42. The lowest BCUT2D eigenvalue weighted by Crippen LogP contribution is -2.09. The normalized spacial score (nSPS) is 27.0. The van der Waals surface area contributed by atoms with Crippen LogP contribution in [0.1, 0.15) is 6.42 Å². The molecule has 2 heteroatoms. The first-order valence-electron chi connectivity index (χ1n) is 2.73. The summed E-state index contributed by atoms with van der Waals surface area (Å²) in [6.45, 7) is 3.64. The molecule has 0 aromatic rings. The van der Waals surface area contributed by atoms with Crippen LogP contribution in [0.15, 0.2) is 24.3 Å².